The Balaban J connectivity index is 1.74. The van der Waals surface area contributed by atoms with Crippen molar-refractivity contribution in [3.05, 3.63) is 46.1 Å². The minimum Gasteiger partial charge on any atom is -0.378 e. The van der Waals surface area contributed by atoms with Gasteiger partial charge in [0.05, 0.1) is 10.6 Å². The summed E-state index contributed by atoms with van der Waals surface area (Å²) in [5, 5.41) is 7.15. The van der Waals surface area contributed by atoms with Crippen LogP contribution in [0.3, 0.4) is 0 Å². The predicted molar refractivity (Wildman–Crippen MR) is 100 cm³/mol. The molecule has 1 aliphatic rings. The Hall–Kier alpha value is -2.09. The topological polar surface area (TPSA) is 54.0 Å². The number of nitrogens with zero attached hydrogens (tertiary/aromatic N) is 1. The third-order valence-corrected chi connectivity index (χ3v) is 6.04. The van der Waals surface area contributed by atoms with Crippen LogP contribution in [0.2, 0.25) is 0 Å². The highest BCUT2D eigenvalue weighted by atomic mass is 32.1. The highest BCUT2D eigenvalue weighted by molar-refractivity contribution is 7.16. The molecule has 1 amide bonds. The van der Waals surface area contributed by atoms with Crippen LogP contribution in [0.15, 0.2) is 24.3 Å². The quantitative estimate of drug-likeness (QED) is 0.731. The summed E-state index contributed by atoms with van der Waals surface area (Å²) in [6, 6.07) is 5.26. The zero-order valence-corrected chi connectivity index (χ0v) is 15.8. The van der Waals surface area contributed by atoms with Gasteiger partial charge in [0.15, 0.2) is 5.69 Å². The molecule has 0 atom stereocenters. The first-order valence-electron chi connectivity index (χ1n) is 9.02. The molecular formula is C19H22F3N3OS. The maximum atomic E-state index is 13.1. The molecule has 146 valence electrons. The summed E-state index contributed by atoms with van der Waals surface area (Å²) in [6.45, 7) is -0.200. The Morgan fingerprint density at radius 2 is 1.93 bits per heavy atom. The van der Waals surface area contributed by atoms with Crippen LogP contribution >= 0.6 is 11.3 Å². The number of hydrogen-bond acceptors (Lipinski definition) is 4. The zero-order chi connectivity index (χ0) is 19.4. The van der Waals surface area contributed by atoms with Crippen molar-refractivity contribution in [1.82, 2.24) is 10.3 Å². The summed E-state index contributed by atoms with van der Waals surface area (Å²) in [4.78, 5) is 17.1. The van der Waals surface area contributed by atoms with E-state index in [1.54, 1.807) is 7.05 Å². The molecule has 2 aromatic rings. The second-order valence-electron chi connectivity index (χ2n) is 6.65. The minimum atomic E-state index is -4.45. The van der Waals surface area contributed by atoms with E-state index in [9.17, 15) is 18.0 Å². The molecule has 0 unspecified atom stereocenters. The van der Waals surface area contributed by atoms with E-state index in [-0.39, 0.29) is 17.8 Å². The summed E-state index contributed by atoms with van der Waals surface area (Å²) in [7, 11) is 1.72. The number of aromatic nitrogens is 1. The van der Waals surface area contributed by atoms with Crippen molar-refractivity contribution in [1.29, 1.82) is 0 Å². The molecule has 4 nitrogen and oxygen atoms in total. The highest BCUT2D eigenvalue weighted by Gasteiger charge is 2.33. The van der Waals surface area contributed by atoms with Gasteiger partial charge in [0.25, 0.3) is 5.91 Å². The number of alkyl halides is 3. The first-order valence-corrected chi connectivity index (χ1v) is 9.83. The average Bonchev–Trinajstić information content (AvgIpc) is 3.11. The van der Waals surface area contributed by atoms with Crippen molar-refractivity contribution in [3.63, 3.8) is 0 Å². The molecule has 27 heavy (non-hydrogen) atoms. The van der Waals surface area contributed by atoms with Crippen LogP contribution in [0.5, 0.6) is 0 Å². The van der Waals surface area contributed by atoms with Gasteiger partial charge >= 0.3 is 6.18 Å². The zero-order valence-electron chi connectivity index (χ0n) is 15.0. The van der Waals surface area contributed by atoms with Gasteiger partial charge in [-0.25, -0.2) is 4.98 Å². The van der Waals surface area contributed by atoms with Crippen LogP contribution in [-0.2, 0) is 12.7 Å². The van der Waals surface area contributed by atoms with Crippen LogP contribution in [-0.4, -0.2) is 17.9 Å². The van der Waals surface area contributed by atoms with Crippen molar-refractivity contribution < 1.29 is 18.0 Å². The maximum absolute atomic E-state index is 13.1. The number of benzene rings is 1. The van der Waals surface area contributed by atoms with Crippen LogP contribution in [0.25, 0.3) is 0 Å². The van der Waals surface area contributed by atoms with E-state index in [2.05, 4.69) is 15.6 Å². The van der Waals surface area contributed by atoms with Gasteiger partial charge in [-0.15, -0.1) is 11.3 Å². The molecule has 0 bridgehead atoms. The fourth-order valence-corrected chi connectivity index (χ4v) is 4.48. The molecule has 0 saturated heterocycles. The predicted octanol–water partition coefficient (Wildman–Crippen LogP) is 5.18. The fraction of sp³-hybridized carbons (Fsp3) is 0.474. The number of hydrogen-bond donors (Lipinski definition) is 2. The molecule has 3 rings (SSSR count). The molecule has 1 heterocycles. The van der Waals surface area contributed by atoms with Gasteiger partial charge in [0.1, 0.15) is 5.00 Å². The Kier molecular flexibility index (Phi) is 6.04. The lowest BCUT2D eigenvalue weighted by Gasteiger charge is -2.18. The largest absolute Gasteiger partial charge is 0.416 e. The lowest BCUT2D eigenvalue weighted by Crippen LogP contribution is -2.25. The van der Waals surface area contributed by atoms with E-state index in [1.807, 2.05) is 0 Å². The van der Waals surface area contributed by atoms with E-state index >= 15 is 0 Å². The first-order chi connectivity index (χ1) is 12.9. The van der Waals surface area contributed by atoms with E-state index in [1.165, 1.54) is 36.0 Å². The number of rotatable bonds is 5. The number of thiazole rings is 1. The number of amides is 1. The van der Waals surface area contributed by atoms with Crippen molar-refractivity contribution in [2.24, 2.45) is 0 Å². The molecular weight excluding hydrogens is 375 g/mol. The van der Waals surface area contributed by atoms with Gasteiger partial charge in [-0.3, -0.25) is 4.79 Å². The van der Waals surface area contributed by atoms with E-state index in [0.717, 1.165) is 36.8 Å². The van der Waals surface area contributed by atoms with Crippen LogP contribution < -0.4 is 10.6 Å². The Morgan fingerprint density at radius 1 is 1.22 bits per heavy atom. The van der Waals surface area contributed by atoms with Gasteiger partial charge in [-0.05, 0) is 24.5 Å². The molecule has 1 fully saturated rings. The van der Waals surface area contributed by atoms with E-state index < -0.39 is 17.6 Å². The molecule has 0 aliphatic heterocycles. The molecule has 1 aromatic heterocycles. The normalized spacial score (nSPS) is 15.6. The summed E-state index contributed by atoms with van der Waals surface area (Å²) in [6.07, 6.45) is 1.23. The molecule has 0 spiro atoms. The monoisotopic (exact) mass is 397 g/mol. The minimum absolute atomic E-state index is 0.0343. The Labute approximate surface area is 160 Å². The lowest BCUT2D eigenvalue weighted by atomic mass is 9.90. The van der Waals surface area contributed by atoms with Crippen molar-refractivity contribution in [3.8, 4) is 0 Å². The van der Waals surface area contributed by atoms with Crippen LogP contribution in [0.4, 0.5) is 18.2 Å². The second kappa shape index (κ2) is 8.29. The van der Waals surface area contributed by atoms with E-state index in [0.29, 0.717) is 10.9 Å². The summed E-state index contributed by atoms with van der Waals surface area (Å²) in [5.41, 5.74) is -0.444. The van der Waals surface area contributed by atoms with Crippen LogP contribution in [0, 0.1) is 0 Å². The molecule has 2 N–H and O–H groups in total. The van der Waals surface area contributed by atoms with Gasteiger partial charge in [0.2, 0.25) is 0 Å². The number of halogens is 3. The summed E-state index contributed by atoms with van der Waals surface area (Å²) < 4.78 is 39.3. The third-order valence-electron chi connectivity index (χ3n) is 4.80. The van der Waals surface area contributed by atoms with Gasteiger partial charge in [0, 0.05) is 19.5 Å². The first kappa shape index (κ1) is 19.7. The smallest absolute Gasteiger partial charge is 0.378 e. The number of anilines is 1. The molecule has 0 radical (unpaired) electrons. The number of nitrogens with one attached hydrogen (secondary N) is 2. The van der Waals surface area contributed by atoms with Crippen molar-refractivity contribution in [2.45, 2.75) is 50.7 Å². The SMILES string of the molecule is CNc1sc(C2CCCCC2)nc1C(=O)NCc1ccccc1C(F)(F)F. The number of carbonyl (C=O) groups excluding carboxylic acids is 1. The molecule has 1 aromatic carbocycles. The van der Waals surface area contributed by atoms with Crippen molar-refractivity contribution >= 4 is 22.2 Å². The summed E-state index contributed by atoms with van der Waals surface area (Å²) in [5.74, 6) is -0.0991. The summed E-state index contributed by atoms with van der Waals surface area (Å²) >= 11 is 1.46. The fourth-order valence-electron chi connectivity index (χ4n) is 3.39. The molecule has 1 saturated carbocycles. The second-order valence-corrected chi connectivity index (χ2v) is 7.68. The third kappa shape index (κ3) is 4.61. The van der Waals surface area contributed by atoms with Gasteiger partial charge in [-0.2, -0.15) is 13.2 Å². The van der Waals surface area contributed by atoms with Crippen LogP contribution in [0.1, 0.15) is 64.6 Å². The van der Waals surface area contributed by atoms with Gasteiger partial charge in [-0.1, -0.05) is 37.5 Å². The Morgan fingerprint density at radius 3 is 2.59 bits per heavy atom. The maximum Gasteiger partial charge on any atom is 0.416 e. The lowest BCUT2D eigenvalue weighted by molar-refractivity contribution is -0.138. The standard InChI is InChI=1S/C19H22F3N3OS/c1-23-18-15(25-17(27-18)12-7-3-2-4-8-12)16(26)24-11-13-9-5-6-10-14(13)19(20,21)22/h5-6,9-10,12,23H,2-4,7-8,11H2,1H3,(H,24,26). The van der Waals surface area contributed by atoms with Crippen molar-refractivity contribution in [2.75, 3.05) is 12.4 Å². The molecule has 1 aliphatic carbocycles. The average molecular weight is 397 g/mol. The molecule has 8 heteroatoms. The van der Waals surface area contributed by atoms with E-state index in [4.69, 9.17) is 0 Å². The highest BCUT2D eigenvalue weighted by Crippen LogP contribution is 2.38. The number of carbonyl (C=O) groups is 1. The Bertz CT molecular complexity index is 798. The van der Waals surface area contributed by atoms with Gasteiger partial charge < -0.3 is 10.6 Å².